The maximum absolute atomic E-state index is 6.42. The summed E-state index contributed by atoms with van der Waals surface area (Å²) < 4.78 is 0. The zero-order valence-electron chi connectivity index (χ0n) is 10.3. The molecule has 2 aromatic carbocycles. The number of halogens is 1. The third kappa shape index (κ3) is 2.51. The van der Waals surface area contributed by atoms with E-state index in [1.165, 1.54) is 0 Å². The van der Waals surface area contributed by atoms with Crippen LogP contribution in [-0.4, -0.2) is 4.98 Å². The Bertz CT molecular complexity index is 733. The van der Waals surface area contributed by atoms with E-state index in [-0.39, 0.29) is 0 Å². The van der Waals surface area contributed by atoms with Crippen LogP contribution in [-0.2, 0) is 0 Å². The van der Waals surface area contributed by atoms with E-state index in [1.54, 1.807) is 0 Å². The molecule has 0 aliphatic carbocycles. The predicted molar refractivity (Wildman–Crippen MR) is 82.1 cm³/mol. The van der Waals surface area contributed by atoms with Crippen LogP contribution >= 0.6 is 11.6 Å². The Morgan fingerprint density at radius 2 is 1.58 bits per heavy atom. The summed E-state index contributed by atoms with van der Waals surface area (Å²) in [5.74, 6) is 0. The molecule has 0 amide bonds. The van der Waals surface area contributed by atoms with Crippen LogP contribution in [0.4, 0.5) is 0 Å². The van der Waals surface area contributed by atoms with Crippen LogP contribution in [0.1, 0.15) is 11.1 Å². The van der Waals surface area contributed by atoms with Gasteiger partial charge in [0, 0.05) is 17.1 Å². The molecule has 0 N–H and O–H groups in total. The molecular formula is C17H12ClN. The summed E-state index contributed by atoms with van der Waals surface area (Å²) >= 11 is 6.42. The van der Waals surface area contributed by atoms with Crippen molar-refractivity contribution >= 4 is 34.7 Å². The summed E-state index contributed by atoms with van der Waals surface area (Å²) in [5, 5.41) is 1.73. The Balaban J connectivity index is 2.02. The van der Waals surface area contributed by atoms with Gasteiger partial charge >= 0.3 is 0 Å². The lowest BCUT2D eigenvalue weighted by Gasteiger charge is -2.03. The lowest BCUT2D eigenvalue weighted by atomic mass is 10.1. The molecule has 0 fully saturated rings. The molecule has 3 aromatic rings. The topological polar surface area (TPSA) is 12.9 Å². The first-order chi connectivity index (χ1) is 9.34. The third-order valence-electron chi connectivity index (χ3n) is 2.99. The Hall–Kier alpha value is -2.12. The molecule has 0 aliphatic rings. The summed E-state index contributed by atoms with van der Waals surface area (Å²) in [6, 6.07) is 18.0. The van der Waals surface area contributed by atoms with Crippen LogP contribution in [0.2, 0.25) is 5.02 Å². The van der Waals surface area contributed by atoms with E-state index in [9.17, 15) is 0 Å². The van der Waals surface area contributed by atoms with Crippen molar-refractivity contribution in [2.45, 2.75) is 0 Å². The Morgan fingerprint density at radius 1 is 0.842 bits per heavy atom. The number of benzene rings is 2. The summed E-state index contributed by atoms with van der Waals surface area (Å²) in [5.41, 5.74) is 3.00. The summed E-state index contributed by atoms with van der Waals surface area (Å²) in [6.07, 6.45) is 5.85. The van der Waals surface area contributed by atoms with Crippen LogP contribution < -0.4 is 0 Å². The van der Waals surface area contributed by atoms with Gasteiger partial charge in [-0.1, -0.05) is 72.3 Å². The largest absolute Gasteiger partial charge is 0.256 e. The number of nitrogens with zero attached hydrogens (tertiary/aromatic N) is 1. The molecular weight excluding hydrogens is 254 g/mol. The lowest BCUT2D eigenvalue weighted by Crippen LogP contribution is -1.83. The van der Waals surface area contributed by atoms with E-state index in [0.29, 0.717) is 0 Å². The van der Waals surface area contributed by atoms with Gasteiger partial charge < -0.3 is 0 Å². The third-order valence-corrected chi connectivity index (χ3v) is 3.41. The summed E-state index contributed by atoms with van der Waals surface area (Å²) in [4.78, 5) is 4.42. The first-order valence-electron chi connectivity index (χ1n) is 6.11. The fourth-order valence-corrected chi connectivity index (χ4v) is 2.26. The molecule has 0 spiro atoms. The van der Waals surface area contributed by atoms with Gasteiger partial charge in [-0.15, -0.1) is 0 Å². The Kier molecular flexibility index (Phi) is 3.30. The standard InChI is InChI=1S/C17H12ClN/c18-17-14(11-10-13-6-2-1-3-7-13)12-19-16-9-5-4-8-15(16)17/h1-12H/b11-10-. The monoisotopic (exact) mass is 265 g/mol. The van der Waals surface area contributed by atoms with Crippen LogP contribution in [0, 0.1) is 0 Å². The highest BCUT2D eigenvalue weighted by atomic mass is 35.5. The maximum Gasteiger partial charge on any atom is 0.0717 e. The molecule has 1 heterocycles. The van der Waals surface area contributed by atoms with Gasteiger partial charge in [0.05, 0.1) is 10.5 Å². The van der Waals surface area contributed by atoms with Crippen molar-refractivity contribution in [1.82, 2.24) is 4.98 Å². The summed E-state index contributed by atoms with van der Waals surface area (Å²) in [7, 11) is 0. The lowest BCUT2D eigenvalue weighted by molar-refractivity contribution is 1.40. The molecule has 0 atom stereocenters. The number of para-hydroxylation sites is 1. The van der Waals surface area contributed by atoms with Gasteiger partial charge in [-0.05, 0) is 11.6 Å². The average molecular weight is 266 g/mol. The summed E-state index contributed by atoms with van der Waals surface area (Å²) in [6.45, 7) is 0. The van der Waals surface area contributed by atoms with E-state index >= 15 is 0 Å². The fourth-order valence-electron chi connectivity index (χ4n) is 1.99. The first-order valence-corrected chi connectivity index (χ1v) is 6.49. The SMILES string of the molecule is Clc1c(/C=C\c2ccccc2)cnc2ccccc12. The van der Waals surface area contributed by atoms with Crippen molar-refractivity contribution in [2.24, 2.45) is 0 Å². The van der Waals surface area contributed by atoms with Gasteiger partial charge in [-0.2, -0.15) is 0 Å². The molecule has 1 aromatic heterocycles. The molecule has 0 saturated carbocycles. The second-order valence-electron chi connectivity index (χ2n) is 4.29. The van der Waals surface area contributed by atoms with E-state index in [2.05, 4.69) is 17.1 Å². The number of hydrogen-bond acceptors (Lipinski definition) is 1. The number of rotatable bonds is 2. The van der Waals surface area contributed by atoms with Crippen LogP contribution in [0.25, 0.3) is 23.1 Å². The minimum Gasteiger partial charge on any atom is -0.256 e. The minimum absolute atomic E-state index is 0.748. The molecule has 3 rings (SSSR count). The number of pyridine rings is 1. The van der Waals surface area contributed by atoms with Crippen molar-refractivity contribution < 1.29 is 0 Å². The Labute approximate surface area is 117 Å². The second-order valence-corrected chi connectivity index (χ2v) is 4.67. The van der Waals surface area contributed by atoms with E-state index in [1.807, 2.05) is 60.8 Å². The van der Waals surface area contributed by atoms with Crippen LogP contribution in [0.5, 0.6) is 0 Å². The number of fused-ring (bicyclic) bond motifs is 1. The van der Waals surface area contributed by atoms with Gasteiger partial charge in [-0.3, -0.25) is 4.98 Å². The highest BCUT2D eigenvalue weighted by Gasteiger charge is 2.03. The van der Waals surface area contributed by atoms with Gasteiger partial charge in [0.1, 0.15) is 0 Å². The second kappa shape index (κ2) is 5.25. The van der Waals surface area contributed by atoms with E-state index < -0.39 is 0 Å². The first kappa shape index (κ1) is 11.9. The maximum atomic E-state index is 6.42. The van der Waals surface area contributed by atoms with Crippen LogP contribution in [0.15, 0.2) is 60.8 Å². The highest BCUT2D eigenvalue weighted by Crippen LogP contribution is 2.26. The smallest absolute Gasteiger partial charge is 0.0717 e. The van der Waals surface area contributed by atoms with E-state index in [0.717, 1.165) is 27.1 Å². The molecule has 19 heavy (non-hydrogen) atoms. The zero-order valence-corrected chi connectivity index (χ0v) is 11.0. The van der Waals surface area contributed by atoms with Crippen LogP contribution in [0.3, 0.4) is 0 Å². The van der Waals surface area contributed by atoms with Gasteiger partial charge in [0.25, 0.3) is 0 Å². The molecule has 0 bridgehead atoms. The molecule has 2 heteroatoms. The van der Waals surface area contributed by atoms with Crippen molar-refractivity contribution in [2.75, 3.05) is 0 Å². The molecule has 0 radical (unpaired) electrons. The number of aromatic nitrogens is 1. The predicted octanol–water partition coefficient (Wildman–Crippen LogP) is 5.06. The normalized spacial score (nSPS) is 11.2. The van der Waals surface area contributed by atoms with Gasteiger partial charge in [0.2, 0.25) is 0 Å². The molecule has 0 unspecified atom stereocenters. The minimum atomic E-state index is 0.748. The van der Waals surface area contributed by atoms with Gasteiger partial charge in [-0.25, -0.2) is 0 Å². The Morgan fingerprint density at radius 3 is 2.42 bits per heavy atom. The number of hydrogen-bond donors (Lipinski definition) is 0. The van der Waals surface area contributed by atoms with Crippen molar-refractivity contribution in [3.05, 3.63) is 76.9 Å². The molecule has 0 aliphatic heterocycles. The average Bonchev–Trinajstić information content (AvgIpc) is 2.48. The van der Waals surface area contributed by atoms with Gasteiger partial charge in [0.15, 0.2) is 0 Å². The van der Waals surface area contributed by atoms with E-state index in [4.69, 9.17) is 11.6 Å². The molecule has 92 valence electrons. The molecule has 0 saturated heterocycles. The quantitative estimate of drug-likeness (QED) is 0.631. The van der Waals surface area contributed by atoms with Crippen molar-refractivity contribution in [3.63, 3.8) is 0 Å². The van der Waals surface area contributed by atoms with Crippen molar-refractivity contribution in [1.29, 1.82) is 0 Å². The van der Waals surface area contributed by atoms with Crippen molar-refractivity contribution in [3.8, 4) is 0 Å². The fraction of sp³-hybridized carbons (Fsp3) is 0. The zero-order chi connectivity index (χ0) is 13.1. The highest BCUT2D eigenvalue weighted by molar-refractivity contribution is 6.36. The molecule has 1 nitrogen and oxygen atoms in total.